The van der Waals surface area contributed by atoms with E-state index in [2.05, 4.69) is 15.6 Å². The summed E-state index contributed by atoms with van der Waals surface area (Å²) in [5.74, 6) is 1.24. The van der Waals surface area contributed by atoms with Gasteiger partial charge in [0.05, 0.1) is 12.1 Å². The van der Waals surface area contributed by atoms with Crippen LogP contribution < -0.4 is 10.6 Å². The third-order valence-electron chi connectivity index (χ3n) is 4.38. The Labute approximate surface area is 134 Å². The van der Waals surface area contributed by atoms with Crippen LogP contribution in [0.25, 0.3) is 0 Å². The van der Waals surface area contributed by atoms with E-state index in [-0.39, 0.29) is 17.7 Å². The van der Waals surface area contributed by atoms with Crippen molar-refractivity contribution in [2.45, 2.75) is 20.3 Å². The average Bonchev–Trinajstić information content (AvgIpc) is 3.13. The zero-order valence-corrected chi connectivity index (χ0v) is 13.8. The highest BCUT2D eigenvalue weighted by Crippen LogP contribution is 2.27. The Kier molecular flexibility index (Phi) is 4.44. The van der Waals surface area contributed by atoms with Crippen LogP contribution in [0, 0.1) is 17.8 Å². The van der Waals surface area contributed by atoms with E-state index < -0.39 is 0 Å². The van der Waals surface area contributed by atoms with Crippen LogP contribution in [0.15, 0.2) is 5.38 Å². The summed E-state index contributed by atoms with van der Waals surface area (Å²) in [4.78, 5) is 30.3. The number of fused-ring (bicyclic) bond motifs is 1. The molecule has 2 atom stereocenters. The zero-order valence-electron chi connectivity index (χ0n) is 13.0. The lowest BCUT2D eigenvalue weighted by Gasteiger charge is -2.16. The Morgan fingerprint density at radius 3 is 2.73 bits per heavy atom. The Bertz CT molecular complexity index is 560. The summed E-state index contributed by atoms with van der Waals surface area (Å²) in [5, 5.41) is 8.57. The highest BCUT2D eigenvalue weighted by molar-refractivity contribution is 7.13. The number of carbonyl (C=O) groups excluding carboxylic acids is 2. The minimum absolute atomic E-state index is 0.0490. The zero-order chi connectivity index (χ0) is 15.7. The molecule has 1 aromatic heterocycles. The van der Waals surface area contributed by atoms with E-state index in [1.807, 2.05) is 24.1 Å². The number of amides is 2. The Morgan fingerprint density at radius 1 is 1.41 bits per heavy atom. The smallest absolute Gasteiger partial charge is 0.228 e. The summed E-state index contributed by atoms with van der Waals surface area (Å²) in [5.41, 5.74) is 0.740. The van der Waals surface area contributed by atoms with Crippen LogP contribution in [0.5, 0.6) is 0 Å². The molecule has 0 aliphatic carbocycles. The van der Waals surface area contributed by atoms with E-state index in [1.54, 1.807) is 0 Å². The Morgan fingerprint density at radius 2 is 2.09 bits per heavy atom. The number of hydrogen-bond acceptors (Lipinski definition) is 5. The van der Waals surface area contributed by atoms with Gasteiger partial charge in [0.25, 0.3) is 0 Å². The molecule has 0 radical (unpaired) electrons. The van der Waals surface area contributed by atoms with Crippen LogP contribution in [0.4, 0.5) is 5.13 Å². The maximum atomic E-state index is 12.4. The van der Waals surface area contributed by atoms with Gasteiger partial charge in [-0.05, 0) is 11.8 Å². The fraction of sp³-hybridized carbons (Fsp3) is 0.667. The predicted octanol–water partition coefficient (Wildman–Crippen LogP) is 0.958. The van der Waals surface area contributed by atoms with Crippen molar-refractivity contribution in [2.75, 3.05) is 31.5 Å². The number of anilines is 1. The summed E-state index contributed by atoms with van der Waals surface area (Å²) < 4.78 is 0. The molecule has 3 heterocycles. The van der Waals surface area contributed by atoms with Crippen LogP contribution in [0.2, 0.25) is 0 Å². The number of carbonyl (C=O) groups is 2. The van der Waals surface area contributed by atoms with Gasteiger partial charge in [0.2, 0.25) is 11.8 Å². The molecule has 0 saturated carbocycles. The number of aromatic nitrogens is 1. The van der Waals surface area contributed by atoms with Gasteiger partial charge < -0.3 is 15.5 Å². The van der Waals surface area contributed by atoms with Crippen LogP contribution >= 0.6 is 11.3 Å². The van der Waals surface area contributed by atoms with Crippen molar-refractivity contribution in [1.29, 1.82) is 0 Å². The molecule has 0 spiro atoms. The van der Waals surface area contributed by atoms with E-state index in [0.29, 0.717) is 23.4 Å². The lowest BCUT2D eigenvalue weighted by Crippen LogP contribution is -2.33. The fourth-order valence-electron chi connectivity index (χ4n) is 3.02. The lowest BCUT2D eigenvalue weighted by molar-refractivity contribution is -0.129. The van der Waals surface area contributed by atoms with Crippen molar-refractivity contribution in [3.63, 3.8) is 0 Å². The Hall–Kier alpha value is -1.47. The summed E-state index contributed by atoms with van der Waals surface area (Å²) in [6.45, 7) is 7.45. The molecule has 2 N–H and O–H groups in total. The molecule has 7 heteroatoms. The molecule has 2 aliphatic heterocycles. The normalized spacial score (nSPS) is 23.9. The number of rotatable bonds is 4. The first-order chi connectivity index (χ1) is 10.5. The molecular formula is C15H22N4O2S. The van der Waals surface area contributed by atoms with Crippen LogP contribution in [0.1, 0.15) is 19.5 Å². The number of thiazole rings is 1. The highest BCUT2D eigenvalue weighted by Gasteiger charge is 2.37. The number of nitrogens with zero attached hydrogens (tertiary/aromatic N) is 2. The molecule has 0 unspecified atom stereocenters. The van der Waals surface area contributed by atoms with Gasteiger partial charge in [-0.3, -0.25) is 9.59 Å². The first kappa shape index (κ1) is 15.4. The topological polar surface area (TPSA) is 74.3 Å². The molecule has 2 fully saturated rings. The van der Waals surface area contributed by atoms with Crippen LogP contribution in [-0.2, 0) is 16.0 Å². The summed E-state index contributed by atoms with van der Waals surface area (Å²) in [6.07, 6.45) is 0.320. The third kappa shape index (κ3) is 3.30. The van der Waals surface area contributed by atoms with Gasteiger partial charge in [-0.15, -0.1) is 11.3 Å². The van der Waals surface area contributed by atoms with Crippen LogP contribution in [0.3, 0.4) is 0 Å². The van der Waals surface area contributed by atoms with Gasteiger partial charge in [-0.25, -0.2) is 4.98 Å². The maximum Gasteiger partial charge on any atom is 0.228 e. The molecule has 0 aromatic carbocycles. The Balaban J connectivity index is 1.54. The predicted molar refractivity (Wildman–Crippen MR) is 85.7 cm³/mol. The van der Waals surface area contributed by atoms with Crippen molar-refractivity contribution in [2.24, 2.45) is 17.8 Å². The van der Waals surface area contributed by atoms with Crippen molar-refractivity contribution in [1.82, 2.24) is 15.2 Å². The second-order valence-corrected chi connectivity index (χ2v) is 7.30. The molecule has 6 nitrogen and oxygen atoms in total. The molecule has 120 valence electrons. The summed E-state index contributed by atoms with van der Waals surface area (Å²) in [7, 11) is 0. The van der Waals surface area contributed by atoms with E-state index in [9.17, 15) is 9.59 Å². The lowest BCUT2D eigenvalue weighted by atomic mass is 10.0. The maximum absolute atomic E-state index is 12.4. The molecule has 1 aromatic rings. The minimum Gasteiger partial charge on any atom is -0.342 e. The number of likely N-dealkylation sites (tertiary alicyclic amines) is 1. The second-order valence-electron chi connectivity index (χ2n) is 6.44. The second kappa shape index (κ2) is 6.34. The van der Waals surface area contributed by atoms with Gasteiger partial charge in [-0.2, -0.15) is 0 Å². The molecule has 2 amide bonds. The monoisotopic (exact) mass is 322 g/mol. The van der Waals surface area contributed by atoms with E-state index in [1.165, 1.54) is 11.3 Å². The number of nitrogens with one attached hydrogen (secondary N) is 2. The summed E-state index contributed by atoms with van der Waals surface area (Å²) >= 11 is 1.37. The van der Waals surface area contributed by atoms with Gasteiger partial charge in [0.1, 0.15) is 0 Å². The SMILES string of the molecule is CC(C)C(=O)Nc1nc(CC(=O)N2C[C@H]3CNC[C@H]3C2)cs1. The summed E-state index contributed by atoms with van der Waals surface area (Å²) in [6, 6.07) is 0. The van der Waals surface area contributed by atoms with E-state index >= 15 is 0 Å². The van der Waals surface area contributed by atoms with Crippen molar-refractivity contribution in [3.05, 3.63) is 11.1 Å². The molecule has 0 bridgehead atoms. The van der Waals surface area contributed by atoms with Crippen molar-refractivity contribution in [3.8, 4) is 0 Å². The highest BCUT2D eigenvalue weighted by atomic mass is 32.1. The van der Waals surface area contributed by atoms with Crippen molar-refractivity contribution < 1.29 is 9.59 Å². The first-order valence-corrected chi connectivity index (χ1v) is 8.64. The fourth-order valence-corrected chi connectivity index (χ4v) is 3.73. The van der Waals surface area contributed by atoms with Gasteiger partial charge >= 0.3 is 0 Å². The molecule has 3 rings (SSSR count). The van der Waals surface area contributed by atoms with E-state index in [0.717, 1.165) is 31.9 Å². The van der Waals surface area contributed by atoms with Crippen molar-refractivity contribution >= 4 is 28.3 Å². The largest absolute Gasteiger partial charge is 0.342 e. The van der Waals surface area contributed by atoms with Gasteiger partial charge in [0.15, 0.2) is 5.13 Å². The average molecular weight is 322 g/mol. The molecular weight excluding hydrogens is 300 g/mol. The standard InChI is InChI=1S/C15H22N4O2S/c1-9(2)14(21)18-15-17-12(8-22-15)3-13(20)19-6-10-4-16-5-11(10)7-19/h8-11,16H,3-7H2,1-2H3,(H,17,18,21)/t10-,11+. The molecule has 2 aliphatic rings. The quantitative estimate of drug-likeness (QED) is 0.866. The van der Waals surface area contributed by atoms with Gasteiger partial charge in [0, 0.05) is 37.5 Å². The van der Waals surface area contributed by atoms with E-state index in [4.69, 9.17) is 0 Å². The molecule has 2 saturated heterocycles. The molecule has 22 heavy (non-hydrogen) atoms. The number of hydrogen-bond donors (Lipinski definition) is 2. The minimum atomic E-state index is -0.0772. The van der Waals surface area contributed by atoms with Gasteiger partial charge in [-0.1, -0.05) is 13.8 Å². The third-order valence-corrected chi connectivity index (χ3v) is 5.19. The van der Waals surface area contributed by atoms with Crippen LogP contribution in [-0.4, -0.2) is 47.9 Å². The first-order valence-electron chi connectivity index (χ1n) is 7.76.